The molecule has 90 valence electrons. The smallest absolute Gasteiger partial charge is 0.225 e. The van der Waals surface area contributed by atoms with Gasteiger partial charge in [0.25, 0.3) is 0 Å². The van der Waals surface area contributed by atoms with Crippen molar-refractivity contribution in [3.63, 3.8) is 0 Å². The van der Waals surface area contributed by atoms with Crippen molar-refractivity contribution >= 4 is 5.91 Å². The first-order chi connectivity index (χ1) is 7.02. The first kappa shape index (κ1) is 14.5. The molecule has 0 aromatic carbocycles. The van der Waals surface area contributed by atoms with Gasteiger partial charge in [0.1, 0.15) is 0 Å². The molecular weight excluding hydrogens is 186 g/mol. The van der Waals surface area contributed by atoms with E-state index in [4.69, 9.17) is 0 Å². The fourth-order valence-electron chi connectivity index (χ4n) is 1.59. The Kier molecular flexibility index (Phi) is 7.45. The summed E-state index contributed by atoms with van der Waals surface area (Å²) in [7, 11) is 0. The molecule has 1 rings (SSSR count). The molecule has 0 aromatic heterocycles. The molecule has 2 heteroatoms. The molecule has 0 atom stereocenters. The van der Waals surface area contributed by atoms with Crippen LogP contribution < -0.4 is 0 Å². The predicted octanol–water partition coefficient (Wildman–Crippen LogP) is 3.32. The van der Waals surface area contributed by atoms with Crippen molar-refractivity contribution in [2.45, 2.75) is 53.9 Å². The van der Waals surface area contributed by atoms with Crippen LogP contribution in [0.5, 0.6) is 0 Å². The summed E-state index contributed by atoms with van der Waals surface area (Å²) >= 11 is 0. The Balaban J connectivity index is 0.000000583. The van der Waals surface area contributed by atoms with Crippen molar-refractivity contribution < 1.29 is 4.79 Å². The Labute approximate surface area is 95.0 Å². The quantitative estimate of drug-likeness (QED) is 0.654. The molecule has 1 aliphatic heterocycles. The SMILES string of the molecule is CC1CCN(C(=O)C(C)C)CC1.CCC. The summed E-state index contributed by atoms with van der Waals surface area (Å²) in [6, 6.07) is 0. The van der Waals surface area contributed by atoms with Gasteiger partial charge >= 0.3 is 0 Å². The van der Waals surface area contributed by atoms with Crippen molar-refractivity contribution in [2.24, 2.45) is 11.8 Å². The average Bonchev–Trinajstić information content (AvgIpc) is 2.19. The van der Waals surface area contributed by atoms with Gasteiger partial charge < -0.3 is 4.90 Å². The highest BCUT2D eigenvalue weighted by atomic mass is 16.2. The minimum Gasteiger partial charge on any atom is -0.342 e. The molecule has 0 radical (unpaired) electrons. The van der Waals surface area contributed by atoms with Gasteiger partial charge in [0.2, 0.25) is 5.91 Å². The zero-order valence-electron chi connectivity index (χ0n) is 11.0. The van der Waals surface area contributed by atoms with Crippen LogP contribution in [0.3, 0.4) is 0 Å². The minimum absolute atomic E-state index is 0.165. The maximum atomic E-state index is 11.5. The summed E-state index contributed by atoms with van der Waals surface area (Å²) in [5, 5.41) is 0. The second kappa shape index (κ2) is 7.72. The predicted molar refractivity (Wildman–Crippen MR) is 65.8 cm³/mol. The third-order valence-electron chi connectivity index (χ3n) is 2.59. The summed E-state index contributed by atoms with van der Waals surface area (Å²) in [6.45, 7) is 12.4. The lowest BCUT2D eigenvalue weighted by atomic mass is 9.98. The maximum absolute atomic E-state index is 11.5. The molecule has 1 saturated heterocycles. The van der Waals surface area contributed by atoms with Gasteiger partial charge in [-0.2, -0.15) is 0 Å². The number of rotatable bonds is 1. The minimum atomic E-state index is 0.165. The number of hydrogen-bond acceptors (Lipinski definition) is 1. The number of amides is 1. The highest BCUT2D eigenvalue weighted by Crippen LogP contribution is 2.17. The molecule has 1 fully saturated rings. The van der Waals surface area contributed by atoms with E-state index >= 15 is 0 Å². The normalized spacial score (nSPS) is 17.3. The molecule has 0 saturated carbocycles. The monoisotopic (exact) mass is 213 g/mol. The molecule has 0 bridgehead atoms. The van der Waals surface area contributed by atoms with E-state index in [-0.39, 0.29) is 5.92 Å². The van der Waals surface area contributed by atoms with Crippen LogP contribution in [0.25, 0.3) is 0 Å². The lowest BCUT2D eigenvalue weighted by Gasteiger charge is -2.31. The van der Waals surface area contributed by atoms with Gasteiger partial charge in [-0.1, -0.05) is 41.0 Å². The van der Waals surface area contributed by atoms with Gasteiger partial charge in [-0.15, -0.1) is 0 Å². The number of likely N-dealkylation sites (tertiary alicyclic amines) is 1. The van der Waals surface area contributed by atoms with Gasteiger partial charge in [-0.3, -0.25) is 4.79 Å². The summed E-state index contributed by atoms with van der Waals surface area (Å²) in [5.74, 6) is 1.29. The fourth-order valence-corrected chi connectivity index (χ4v) is 1.59. The topological polar surface area (TPSA) is 20.3 Å². The third kappa shape index (κ3) is 5.81. The second-order valence-corrected chi connectivity index (χ2v) is 4.87. The van der Waals surface area contributed by atoms with E-state index < -0.39 is 0 Å². The van der Waals surface area contributed by atoms with Gasteiger partial charge in [0.05, 0.1) is 0 Å². The average molecular weight is 213 g/mol. The lowest BCUT2D eigenvalue weighted by Crippen LogP contribution is -2.40. The summed E-state index contributed by atoms with van der Waals surface area (Å²) < 4.78 is 0. The van der Waals surface area contributed by atoms with E-state index in [1.54, 1.807) is 0 Å². The number of carbonyl (C=O) groups excluding carboxylic acids is 1. The standard InChI is InChI=1S/C10H19NO.C3H8/c1-8(2)10(12)11-6-4-9(3)5-7-11;1-3-2/h8-9H,4-7H2,1-3H3;3H2,1-2H3. The molecular formula is C13H27NO. The zero-order chi connectivity index (χ0) is 11.8. The number of piperidine rings is 1. The lowest BCUT2D eigenvalue weighted by molar-refractivity contribution is -0.135. The summed E-state index contributed by atoms with van der Waals surface area (Å²) in [5.41, 5.74) is 0. The van der Waals surface area contributed by atoms with Crippen LogP contribution in [0.2, 0.25) is 0 Å². The van der Waals surface area contributed by atoms with Crippen molar-refractivity contribution in [1.82, 2.24) is 4.90 Å². The number of nitrogens with zero attached hydrogens (tertiary/aromatic N) is 1. The molecule has 0 N–H and O–H groups in total. The Bertz CT molecular complexity index is 169. The maximum Gasteiger partial charge on any atom is 0.225 e. The number of carbonyl (C=O) groups is 1. The number of hydrogen-bond donors (Lipinski definition) is 0. The Morgan fingerprint density at radius 2 is 1.67 bits per heavy atom. The van der Waals surface area contributed by atoms with Crippen LogP contribution >= 0.6 is 0 Å². The molecule has 0 aromatic rings. The van der Waals surface area contributed by atoms with E-state index in [9.17, 15) is 4.79 Å². The van der Waals surface area contributed by atoms with E-state index in [1.165, 1.54) is 19.3 Å². The highest BCUT2D eigenvalue weighted by molar-refractivity contribution is 5.78. The molecule has 0 unspecified atom stereocenters. The van der Waals surface area contributed by atoms with Gasteiger partial charge in [-0.25, -0.2) is 0 Å². The van der Waals surface area contributed by atoms with Gasteiger partial charge in [0, 0.05) is 19.0 Å². The second-order valence-electron chi connectivity index (χ2n) is 4.87. The Hall–Kier alpha value is -0.530. The van der Waals surface area contributed by atoms with Crippen LogP contribution in [-0.4, -0.2) is 23.9 Å². The third-order valence-corrected chi connectivity index (χ3v) is 2.59. The first-order valence-electron chi connectivity index (χ1n) is 6.31. The van der Waals surface area contributed by atoms with Crippen LogP contribution in [0.15, 0.2) is 0 Å². The summed E-state index contributed by atoms with van der Waals surface area (Å²) in [6.07, 6.45) is 3.61. The molecule has 1 amide bonds. The molecule has 1 heterocycles. The van der Waals surface area contributed by atoms with Crippen molar-refractivity contribution in [2.75, 3.05) is 13.1 Å². The van der Waals surface area contributed by atoms with Crippen molar-refractivity contribution in [3.8, 4) is 0 Å². The van der Waals surface area contributed by atoms with Gasteiger partial charge in [-0.05, 0) is 18.8 Å². The van der Waals surface area contributed by atoms with Crippen molar-refractivity contribution in [3.05, 3.63) is 0 Å². The Morgan fingerprint density at radius 1 is 1.27 bits per heavy atom. The van der Waals surface area contributed by atoms with E-state index in [1.807, 2.05) is 18.7 Å². The molecule has 1 aliphatic rings. The van der Waals surface area contributed by atoms with Crippen LogP contribution in [-0.2, 0) is 4.79 Å². The van der Waals surface area contributed by atoms with Crippen LogP contribution in [0.4, 0.5) is 0 Å². The van der Waals surface area contributed by atoms with Gasteiger partial charge in [0.15, 0.2) is 0 Å². The van der Waals surface area contributed by atoms with E-state index in [2.05, 4.69) is 20.8 Å². The fraction of sp³-hybridized carbons (Fsp3) is 0.923. The molecule has 0 spiro atoms. The Morgan fingerprint density at radius 3 is 2.00 bits per heavy atom. The van der Waals surface area contributed by atoms with Crippen LogP contribution in [0.1, 0.15) is 53.9 Å². The molecule has 15 heavy (non-hydrogen) atoms. The van der Waals surface area contributed by atoms with E-state index in [0.29, 0.717) is 5.91 Å². The first-order valence-corrected chi connectivity index (χ1v) is 6.31. The largest absolute Gasteiger partial charge is 0.342 e. The van der Waals surface area contributed by atoms with Crippen LogP contribution in [0, 0.1) is 11.8 Å². The molecule has 2 nitrogen and oxygen atoms in total. The van der Waals surface area contributed by atoms with Crippen molar-refractivity contribution in [1.29, 1.82) is 0 Å². The summed E-state index contributed by atoms with van der Waals surface area (Å²) in [4.78, 5) is 13.5. The highest BCUT2D eigenvalue weighted by Gasteiger charge is 2.21. The van der Waals surface area contributed by atoms with E-state index in [0.717, 1.165) is 19.0 Å². The molecule has 0 aliphatic carbocycles. The zero-order valence-corrected chi connectivity index (χ0v) is 11.0.